The first-order valence-corrected chi connectivity index (χ1v) is 9.37. The van der Waals surface area contributed by atoms with Crippen molar-refractivity contribution < 1.29 is 14.5 Å². The number of hydrogen-bond donors (Lipinski definition) is 0. The molecule has 0 spiro atoms. The summed E-state index contributed by atoms with van der Waals surface area (Å²) in [5, 5.41) is 10.8. The fourth-order valence-corrected chi connectivity index (χ4v) is 3.74. The van der Waals surface area contributed by atoms with Gasteiger partial charge in [0, 0.05) is 46.6 Å². The molecule has 0 bridgehead atoms. The normalized spacial score (nSPS) is 17.1. The van der Waals surface area contributed by atoms with Gasteiger partial charge in [0.25, 0.3) is 5.69 Å². The number of ether oxygens (including phenoxy) is 1. The van der Waals surface area contributed by atoms with Gasteiger partial charge in [-0.05, 0) is 62.7 Å². The lowest BCUT2D eigenvalue weighted by atomic mass is 9.81. The number of fused-ring (bicyclic) bond motifs is 1. The van der Waals surface area contributed by atoms with Crippen LogP contribution < -0.4 is 4.74 Å². The quantitative estimate of drug-likeness (QED) is 0.360. The van der Waals surface area contributed by atoms with Crippen molar-refractivity contribution in [1.82, 2.24) is 4.98 Å². The largest absolute Gasteiger partial charge is 0.488 e. The highest BCUT2D eigenvalue weighted by Gasteiger charge is 2.35. The summed E-state index contributed by atoms with van der Waals surface area (Å²) in [6, 6.07) is 16.9. The van der Waals surface area contributed by atoms with Crippen molar-refractivity contribution in [3.05, 3.63) is 99.4 Å². The fraction of sp³-hybridized carbons (Fsp3) is 0.217. The van der Waals surface area contributed by atoms with Crippen molar-refractivity contribution in [3.63, 3.8) is 0 Å². The first-order chi connectivity index (χ1) is 13.8. The molecule has 0 saturated heterocycles. The van der Waals surface area contributed by atoms with Crippen LogP contribution in [0.15, 0.2) is 66.9 Å². The second-order valence-corrected chi connectivity index (χ2v) is 7.76. The van der Waals surface area contributed by atoms with E-state index in [2.05, 4.69) is 4.98 Å². The highest BCUT2D eigenvalue weighted by molar-refractivity contribution is 6.09. The summed E-state index contributed by atoms with van der Waals surface area (Å²) in [5.74, 6) is 0.573. The first kappa shape index (κ1) is 18.8. The zero-order chi connectivity index (χ0) is 20.6. The molecule has 146 valence electrons. The molecule has 0 amide bonds. The molecule has 2 aromatic carbocycles. The molecule has 0 N–H and O–H groups in total. The average molecular weight is 388 g/mol. The van der Waals surface area contributed by atoms with Gasteiger partial charge >= 0.3 is 0 Å². The average Bonchev–Trinajstić information content (AvgIpc) is 2.72. The van der Waals surface area contributed by atoms with Crippen LogP contribution >= 0.6 is 0 Å². The van der Waals surface area contributed by atoms with E-state index < -0.39 is 4.92 Å². The van der Waals surface area contributed by atoms with E-state index in [1.165, 1.54) is 24.3 Å². The third-order valence-electron chi connectivity index (χ3n) is 5.11. The molecular formula is C23H20N2O4. The number of pyridine rings is 1. The zero-order valence-electron chi connectivity index (χ0n) is 16.2. The van der Waals surface area contributed by atoms with Crippen molar-refractivity contribution >= 4 is 11.5 Å². The van der Waals surface area contributed by atoms with E-state index in [0.717, 1.165) is 23.4 Å². The van der Waals surface area contributed by atoms with Crippen LogP contribution in [0.4, 0.5) is 5.69 Å². The Labute approximate surface area is 168 Å². The fourth-order valence-electron chi connectivity index (χ4n) is 3.74. The number of ketones is 1. The van der Waals surface area contributed by atoms with Crippen molar-refractivity contribution in [2.45, 2.75) is 31.8 Å². The molecule has 29 heavy (non-hydrogen) atoms. The van der Waals surface area contributed by atoms with E-state index >= 15 is 0 Å². The number of aromatic nitrogens is 1. The molecule has 1 aromatic heterocycles. The van der Waals surface area contributed by atoms with Crippen molar-refractivity contribution in [3.8, 4) is 5.75 Å². The molecule has 1 aliphatic heterocycles. The lowest BCUT2D eigenvalue weighted by Crippen LogP contribution is -2.35. The van der Waals surface area contributed by atoms with Gasteiger partial charge in [0.15, 0.2) is 5.78 Å². The molecular weight excluding hydrogens is 368 g/mol. The molecule has 6 heteroatoms. The number of carbonyl (C=O) groups excluding carboxylic acids is 1. The van der Waals surface area contributed by atoms with Gasteiger partial charge in [0.2, 0.25) is 0 Å². The number of nitro benzene ring substituents is 1. The zero-order valence-corrected chi connectivity index (χ0v) is 16.2. The van der Waals surface area contributed by atoms with Crippen LogP contribution in [0.25, 0.3) is 0 Å². The minimum atomic E-state index is -0.482. The van der Waals surface area contributed by atoms with Gasteiger partial charge < -0.3 is 4.74 Å². The number of rotatable bonds is 4. The minimum Gasteiger partial charge on any atom is -0.488 e. The van der Waals surface area contributed by atoms with Gasteiger partial charge in [-0.3, -0.25) is 19.9 Å². The standard InChI is InChI=1S/C23H20N2O4/c1-23(2)14-19(20-5-3-4-12-24-20)18-13-16(8-11-21(18)29-23)22(26)15-6-9-17(10-7-15)25(27)28/h3-13,19H,14H2,1-2H3. The Kier molecular flexibility index (Phi) is 4.62. The number of hydrogen-bond acceptors (Lipinski definition) is 5. The maximum absolute atomic E-state index is 13.0. The highest BCUT2D eigenvalue weighted by atomic mass is 16.6. The van der Waals surface area contributed by atoms with Gasteiger partial charge in [-0.2, -0.15) is 0 Å². The summed E-state index contributed by atoms with van der Waals surface area (Å²) < 4.78 is 6.14. The summed E-state index contributed by atoms with van der Waals surface area (Å²) in [7, 11) is 0. The summed E-state index contributed by atoms with van der Waals surface area (Å²) in [6.45, 7) is 4.09. The Morgan fingerprint density at radius 3 is 2.48 bits per heavy atom. The third kappa shape index (κ3) is 3.74. The number of carbonyl (C=O) groups is 1. The molecule has 2 heterocycles. The Bertz CT molecular complexity index is 1080. The second kappa shape index (κ2) is 7.13. The number of benzene rings is 2. The maximum Gasteiger partial charge on any atom is 0.269 e. The molecule has 1 aliphatic rings. The molecule has 6 nitrogen and oxygen atoms in total. The second-order valence-electron chi connectivity index (χ2n) is 7.76. The molecule has 4 rings (SSSR count). The topological polar surface area (TPSA) is 82.3 Å². The van der Waals surface area contributed by atoms with E-state index in [4.69, 9.17) is 4.74 Å². The van der Waals surface area contributed by atoms with Crippen LogP contribution in [0.2, 0.25) is 0 Å². The van der Waals surface area contributed by atoms with Crippen molar-refractivity contribution in [2.75, 3.05) is 0 Å². The predicted octanol–water partition coefficient (Wildman–Crippen LogP) is 4.91. The molecule has 0 radical (unpaired) electrons. The lowest BCUT2D eigenvalue weighted by Gasteiger charge is -2.37. The number of nitrogens with zero attached hydrogens (tertiary/aromatic N) is 2. The lowest BCUT2D eigenvalue weighted by molar-refractivity contribution is -0.384. The predicted molar refractivity (Wildman–Crippen MR) is 108 cm³/mol. The van der Waals surface area contributed by atoms with Crippen LogP contribution in [0, 0.1) is 10.1 Å². The van der Waals surface area contributed by atoms with E-state index in [1.807, 2.05) is 44.2 Å². The number of non-ortho nitro benzene ring substituents is 1. The molecule has 3 aromatic rings. The summed E-state index contributed by atoms with van der Waals surface area (Å²) in [5.41, 5.74) is 2.39. The van der Waals surface area contributed by atoms with Gasteiger partial charge in [-0.25, -0.2) is 0 Å². The van der Waals surface area contributed by atoms with Crippen LogP contribution in [0.3, 0.4) is 0 Å². The number of nitro groups is 1. The third-order valence-corrected chi connectivity index (χ3v) is 5.11. The maximum atomic E-state index is 13.0. The summed E-state index contributed by atoms with van der Waals surface area (Å²) in [4.78, 5) is 27.8. The van der Waals surface area contributed by atoms with Gasteiger partial charge in [0.05, 0.1) is 4.92 Å². The van der Waals surface area contributed by atoms with E-state index in [0.29, 0.717) is 11.1 Å². The van der Waals surface area contributed by atoms with Crippen LogP contribution in [-0.2, 0) is 0 Å². The highest BCUT2D eigenvalue weighted by Crippen LogP contribution is 2.44. The monoisotopic (exact) mass is 388 g/mol. The molecule has 1 atom stereocenters. The van der Waals surface area contributed by atoms with E-state index in [9.17, 15) is 14.9 Å². The Hall–Kier alpha value is -3.54. The Morgan fingerprint density at radius 1 is 1.10 bits per heavy atom. The molecule has 0 aliphatic carbocycles. The summed E-state index contributed by atoms with van der Waals surface area (Å²) >= 11 is 0. The molecule has 1 unspecified atom stereocenters. The van der Waals surface area contributed by atoms with Crippen LogP contribution in [-0.4, -0.2) is 21.3 Å². The smallest absolute Gasteiger partial charge is 0.269 e. The van der Waals surface area contributed by atoms with Crippen molar-refractivity contribution in [2.24, 2.45) is 0 Å². The molecule has 0 saturated carbocycles. The van der Waals surface area contributed by atoms with E-state index in [1.54, 1.807) is 12.3 Å². The first-order valence-electron chi connectivity index (χ1n) is 9.37. The van der Waals surface area contributed by atoms with Gasteiger partial charge in [-0.1, -0.05) is 6.07 Å². The summed E-state index contributed by atoms with van der Waals surface area (Å²) in [6.07, 6.45) is 2.51. The minimum absolute atomic E-state index is 0.0135. The van der Waals surface area contributed by atoms with Gasteiger partial charge in [0.1, 0.15) is 11.4 Å². The van der Waals surface area contributed by atoms with Gasteiger partial charge in [-0.15, -0.1) is 0 Å². The SMILES string of the molecule is CC1(C)CC(c2ccccn2)c2cc(C(=O)c3ccc([N+](=O)[O-])cc3)ccc2O1. The Morgan fingerprint density at radius 2 is 1.83 bits per heavy atom. The van der Waals surface area contributed by atoms with Crippen molar-refractivity contribution in [1.29, 1.82) is 0 Å². The Balaban J connectivity index is 1.73. The molecule has 0 fully saturated rings. The van der Waals surface area contributed by atoms with Crippen LogP contribution in [0.5, 0.6) is 5.75 Å². The van der Waals surface area contributed by atoms with Crippen LogP contribution in [0.1, 0.15) is 53.4 Å². The van der Waals surface area contributed by atoms with E-state index in [-0.39, 0.29) is 23.0 Å².